The van der Waals surface area contributed by atoms with Gasteiger partial charge in [0.15, 0.2) is 11.6 Å². The topological polar surface area (TPSA) is 48.5 Å². The van der Waals surface area contributed by atoms with Crippen molar-refractivity contribution in [3.8, 4) is 67.8 Å². The van der Waals surface area contributed by atoms with E-state index in [1.54, 1.807) is 0 Å². The van der Waals surface area contributed by atoms with E-state index >= 15 is 0 Å². The van der Waals surface area contributed by atoms with E-state index in [9.17, 15) is 0 Å². The Morgan fingerprint density at radius 3 is 1.45 bits per heavy atom. The standard InChI is InChI=1S/C60H41N5/c1-60(2)49-32-15-12-28-47(49)53-48(31-19-33-50(53)60)58-61-57(40-24-10-5-11-25-40)62-59(63-58)65-52-35-17-14-27-44(52)46-37-36-45-43-26-13-16-34-51(43)64(55(45)56(46)65)54-41(38-20-6-3-7-21-38)29-18-30-42(54)39-22-8-4-9-23-39/h3-37H,1-2H3. The first kappa shape index (κ1) is 37.2. The SMILES string of the molecule is CC1(C)c2ccccc2-c2c(-c3nc(-c4ccccc4)nc(-n4c5ccccc5c5ccc6c7ccccc7n(-c7c(-c8ccccc8)cccc7-c7ccccc7)c6c54)n3)cccc21. The van der Waals surface area contributed by atoms with Crippen LogP contribution >= 0.6 is 0 Å². The van der Waals surface area contributed by atoms with Gasteiger partial charge in [-0.3, -0.25) is 4.57 Å². The van der Waals surface area contributed by atoms with Crippen LogP contribution in [0.25, 0.3) is 111 Å². The average molecular weight is 832 g/mol. The van der Waals surface area contributed by atoms with E-state index in [-0.39, 0.29) is 5.41 Å². The summed E-state index contributed by atoms with van der Waals surface area (Å²) in [6.07, 6.45) is 0. The fraction of sp³-hybridized carbons (Fsp3) is 0.0500. The van der Waals surface area contributed by atoms with Crippen molar-refractivity contribution in [2.45, 2.75) is 19.3 Å². The van der Waals surface area contributed by atoms with Gasteiger partial charge in [0, 0.05) is 49.2 Å². The third-order valence-electron chi connectivity index (χ3n) is 13.6. The Bertz CT molecular complexity index is 3790. The molecular formula is C60H41N5. The zero-order valence-corrected chi connectivity index (χ0v) is 35.9. The van der Waals surface area contributed by atoms with Crippen molar-refractivity contribution >= 4 is 43.6 Å². The molecule has 0 fully saturated rings. The van der Waals surface area contributed by atoms with Gasteiger partial charge < -0.3 is 4.57 Å². The molecule has 0 atom stereocenters. The molecule has 0 saturated carbocycles. The fourth-order valence-corrected chi connectivity index (χ4v) is 10.7. The Morgan fingerprint density at radius 2 is 0.800 bits per heavy atom. The first-order chi connectivity index (χ1) is 32.0. The van der Waals surface area contributed by atoms with Crippen LogP contribution in [-0.4, -0.2) is 24.1 Å². The maximum Gasteiger partial charge on any atom is 0.238 e. The number of hydrogen-bond donors (Lipinski definition) is 0. The summed E-state index contributed by atoms with van der Waals surface area (Å²) in [5, 5.41) is 4.57. The molecule has 0 bridgehead atoms. The Hall–Kier alpha value is -8.41. The molecule has 0 unspecified atom stereocenters. The minimum atomic E-state index is -0.180. The molecule has 0 saturated heterocycles. The second-order valence-corrected chi connectivity index (χ2v) is 17.5. The molecule has 0 spiro atoms. The van der Waals surface area contributed by atoms with Crippen LogP contribution in [0.1, 0.15) is 25.0 Å². The van der Waals surface area contributed by atoms with Crippen molar-refractivity contribution in [3.05, 3.63) is 223 Å². The van der Waals surface area contributed by atoms with E-state index < -0.39 is 0 Å². The van der Waals surface area contributed by atoms with Crippen LogP contribution in [0.15, 0.2) is 212 Å². The number of nitrogens with zero attached hydrogens (tertiary/aromatic N) is 5. The summed E-state index contributed by atoms with van der Waals surface area (Å²) in [6, 6.07) is 76.0. The number of benzene rings is 9. The van der Waals surface area contributed by atoms with Gasteiger partial charge in [-0.2, -0.15) is 9.97 Å². The van der Waals surface area contributed by atoms with E-state index in [0.29, 0.717) is 17.6 Å². The lowest BCUT2D eigenvalue weighted by Gasteiger charge is -2.21. The van der Waals surface area contributed by atoms with Crippen LogP contribution in [-0.2, 0) is 5.41 Å². The zero-order chi connectivity index (χ0) is 43.2. The molecule has 5 nitrogen and oxygen atoms in total. The molecule has 0 aliphatic heterocycles. The molecule has 5 heteroatoms. The fourth-order valence-electron chi connectivity index (χ4n) is 10.7. The first-order valence-corrected chi connectivity index (χ1v) is 22.3. The van der Waals surface area contributed by atoms with Gasteiger partial charge >= 0.3 is 0 Å². The zero-order valence-electron chi connectivity index (χ0n) is 35.9. The first-order valence-electron chi connectivity index (χ1n) is 22.3. The van der Waals surface area contributed by atoms with Gasteiger partial charge in [-0.15, -0.1) is 0 Å². The van der Waals surface area contributed by atoms with Gasteiger partial charge in [0.1, 0.15) is 0 Å². The Balaban J connectivity index is 1.19. The van der Waals surface area contributed by atoms with E-state index in [2.05, 4.69) is 217 Å². The quantitative estimate of drug-likeness (QED) is 0.168. The summed E-state index contributed by atoms with van der Waals surface area (Å²) in [7, 11) is 0. The van der Waals surface area contributed by atoms with Crippen LogP contribution in [0, 0.1) is 0 Å². The van der Waals surface area contributed by atoms with Crippen molar-refractivity contribution in [2.24, 2.45) is 0 Å². The van der Waals surface area contributed by atoms with Gasteiger partial charge in [0.2, 0.25) is 5.95 Å². The van der Waals surface area contributed by atoms with Crippen LogP contribution < -0.4 is 0 Å². The van der Waals surface area contributed by atoms with Crippen molar-refractivity contribution in [2.75, 3.05) is 0 Å². The molecule has 0 N–H and O–H groups in total. The summed E-state index contributed by atoms with van der Waals surface area (Å²) in [6.45, 7) is 4.63. The second kappa shape index (κ2) is 14.3. The summed E-state index contributed by atoms with van der Waals surface area (Å²) < 4.78 is 4.81. The number of fused-ring (bicyclic) bond motifs is 10. The maximum absolute atomic E-state index is 5.59. The number of aromatic nitrogens is 5. The second-order valence-electron chi connectivity index (χ2n) is 17.5. The molecule has 1 aliphatic carbocycles. The van der Waals surface area contributed by atoms with Crippen LogP contribution in [0.3, 0.4) is 0 Å². The molecule has 3 aromatic heterocycles. The summed E-state index contributed by atoms with van der Waals surface area (Å²) in [5.41, 5.74) is 16.7. The van der Waals surface area contributed by atoms with E-state index in [1.807, 2.05) is 18.2 Å². The molecule has 3 heterocycles. The Labute approximate surface area is 376 Å². The molecule has 1 aliphatic rings. The summed E-state index contributed by atoms with van der Waals surface area (Å²) >= 11 is 0. The highest BCUT2D eigenvalue weighted by Crippen LogP contribution is 2.52. The lowest BCUT2D eigenvalue weighted by molar-refractivity contribution is 0.660. The minimum absolute atomic E-state index is 0.180. The monoisotopic (exact) mass is 831 g/mol. The maximum atomic E-state index is 5.59. The van der Waals surface area contributed by atoms with Gasteiger partial charge in [0.05, 0.1) is 27.8 Å². The van der Waals surface area contributed by atoms with Crippen molar-refractivity contribution in [1.82, 2.24) is 24.1 Å². The highest BCUT2D eigenvalue weighted by atomic mass is 15.2. The van der Waals surface area contributed by atoms with Crippen molar-refractivity contribution in [3.63, 3.8) is 0 Å². The predicted octanol–water partition coefficient (Wildman–Crippen LogP) is 15.0. The predicted molar refractivity (Wildman–Crippen MR) is 268 cm³/mol. The molecule has 0 radical (unpaired) electrons. The Morgan fingerprint density at radius 1 is 0.338 bits per heavy atom. The van der Waals surface area contributed by atoms with Crippen LogP contribution in [0.2, 0.25) is 0 Å². The Kier molecular flexibility index (Phi) is 8.18. The highest BCUT2D eigenvalue weighted by Gasteiger charge is 2.37. The highest BCUT2D eigenvalue weighted by molar-refractivity contribution is 6.24. The van der Waals surface area contributed by atoms with Crippen LogP contribution in [0.4, 0.5) is 0 Å². The van der Waals surface area contributed by atoms with Gasteiger partial charge in [-0.1, -0.05) is 214 Å². The molecule has 65 heavy (non-hydrogen) atoms. The van der Waals surface area contributed by atoms with Crippen molar-refractivity contribution in [1.29, 1.82) is 0 Å². The van der Waals surface area contributed by atoms with Gasteiger partial charge in [-0.25, -0.2) is 4.98 Å². The normalized spacial score (nSPS) is 12.9. The van der Waals surface area contributed by atoms with Crippen LogP contribution in [0.5, 0.6) is 0 Å². The third-order valence-corrected chi connectivity index (χ3v) is 13.6. The van der Waals surface area contributed by atoms with Gasteiger partial charge in [-0.05, 0) is 45.5 Å². The summed E-state index contributed by atoms with van der Waals surface area (Å²) in [5.74, 6) is 1.82. The molecule has 0 amide bonds. The molecule has 12 aromatic rings. The number of hydrogen-bond acceptors (Lipinski definition) is 3. The third kappa shape index (κ3) is 5.55. The number of rotatable bonds is 6. The van der Waals surface area contributed by atoms with E-state index in [4.69, 9.17) is 15.0 Å². The van der Waals surface area contributed by atoms with E-state index in [1.165, 1.54) is 27.6 Å². The van der Waals surface area contributed by atoms with E-state index in [0.717, 1.165) is 77.3 Å². The van der Waals surface area contributed by atoms with Crippen molar-refractivity contribution < 1.29 is 0 Å². The molecule has 9 aromatic carbocycles. The number of para-hydroxylation sites is 3. The molecule has 306 valence electrons. The molecular weight excluding hydrogens is 791 g/mol. The largest absolute Gasteiger partial charge is 0.306 e. The lowest BCUT2D eigenvalue weighted by Crippen LogP contribution is -2.14. The smallest absolute Gasteiger partial charge is 0.238 e. The molecule has 13 rings (SSSR count). The summed E-state index contributed by atoms with van der Waals surface area (Å²) in [4.78, 5) is 16.4. The average Bonchev–Trinajstić information content (AvgIpc) is 3.97. The van der Waals surface area contributed by atoms with Gasteiger partial charge in [0.25, 0.3) is 0 Å². The lowest BCUT2D eigenvalue weighted by atomic mass is 9.82. The minimum Gasteiger partial charge on any atom is -0.306 e.